The average Bonchev–Trinajstić information content (AvgIpc) is 2.67. The van der Waals surface area contributed by atoms with E-state index in [4.69, 9.17) is 21.0 Å². The Morgan fingerprint density at radius 1 is 0.960 bits per heavy atom. The van der Waals surface area contributed by atoms with Crippen LogP contribution >= 0.6 is 11.6 Å². The van der Waals surface area contributed by atoms with Gasteiger partial charge < -0.3 is 4.42 Å². The Morgan fingerprint density at radius 2 is 1.80 bits per heavy atom. The molecule has 0 amide bonds. The first-order valence-corrected chi connectivity index (χ1v) is 8.42. The highest BCUT2D eigenvalue weighted by atomic mass is 35.5. The van der Waals surface area contributed by atoms with Gasteiger partial charge in [0, 0.05) is 33.7 Å². The normalized spacial score (nSPS) is 11.8. The van der Waals surface area contributed by atoms with E-state index in [0.717, 1.165) is 33.2 Å². The van der Waals surface area contributed by atoms with Gasteiger partial charge in [0.25, 0.3) is 0 Å². The maximum Gasteiger partial charge on any atom is 0.172 e. The summed E-state index contributed by atoms with van der Waals surface area (Å²) < 4.78 is 6.07. The van der Waals surface area contributed by atoms with Crippen molar-refractivity contribution < 1.29 is 9.40 Å². The van der Waals surface area contributed by atoms with E-state index in [1.165, 1.54) is 0 Å². The topological polar surface area (TPSA) is 39.6 Å². The zero-order valence-electron chi connectivity index (χ0n) is 13.4. The molecule has 4 heteroatoms. The second-order valence-corrected chi connectivity index (χ2v) is 6.16. The summed E-state index contributed by atoms with van der Waals surface area (Å²) >= 11 is 5.99. The van der Waals surface area contributed by atoms with E-state index >= 15 is 0 Å². The Labute approximate surface area is 150 Å². The van der Waals surface area contributed by atoms with Crippen LogP contribution in [0, 0.1) is 0 Å². The van der Waals surface area contributed by atoms with Gasteiger partial charge in [0.2, 0.25) is 0 Å². The summed E-state index contributed by atoms with van der Waals surface area (Å²) in [7, 11) is 0. The summed E-state index contributed by atoms with van der Waals surface area (Å²) in [5.41, 5.74) is 2.91. The summed E-state index contributed by atoms with van der Waals surface area (Å²) in [6.07, 6.45) is 3.85. The minimum atomic E-state index is 0.603. The van der Waals surface area contributed by atoms with Gasteiger partial charge in [0.15, 0.2) is 12.4 Å². The fourth-order valence-corrected chi connectivity index (χ4v) is 2.84. The van der Waals surface area contributed by atoms with Crippen LogP contribution in [0.2, 0.25) is 5.02 Å². The molecule has 122 valence electrons. The number of aromatic nitrogens is 1. The molecule has 25 heavy (non-hydrogen) atoms. The molecule has 2 aromatic carbocycles. The maximum absolute atomic E-state index is 6.07. The molecule has 0 radical (unpaired) electrons. The molecule has 0 atom stereocenters. The lowest BCUT2D eigenvalue weighted by atomic mass is 10.1. The van der Waals surface area contributed by atoms with Crippen molar-refractivity contribution in [3.8, 4) is 11.3 Å². The lowest BCUT2D eigenvalue weighted by Gasteiger charge is -2.05. The highest BCUT2D eigenvalue weighted by Gasteiger charge is 2.06. The molecule has 0 aliphatic carbocycles. The van der Waals surface area contributed by atoms with Gasteiger partial charge in [-0.1, -0.05) is 23.7 Å². The Bertz CT molecular complexity index is 1070. The second-order valence-electron chi connectivity index (χ2n) is 5.73. The van der Waals surface area contributed by atoms with Gasteiger partial charge in [-0.25, -0.2) is 4.98 Å². The lowest BCUT2D eigenvalue weighted by molar-refractivity contribution is -0.378. The fraction of sp³-hybridized carbons (Fsp3) is 0.0476. The van der Waals surface area contributed by atoms with Gasteiger partial charge in [-0.2, -0.15) is 0 Å². The lowest BCUT2D eigenvalue weighted by Crippen LogP contribution is -2.06. The highest BCUT2D eigenvalue weighted by Crippen LogP contribution is 2.23. The highest BCUT2D eigenvalue weighted by molar-refractivity contribution is 6.30. The van der Waals surface area contributed by atoms with E-state index in [1.807, 2.05) is 73.1 Å². The van der Waals surface area contributed by atoms with E-state index in [-0.39, 0.29) is 0 Å². The molecule has 0 aliphatic rings. The van der Waals surface area contributed by atoms with Crippen LogP contribution in [0.1, 0.15) is 5.56 Å². The van der Waals surface area contributed by atoms with Crippen molar-refractivity contribution in [2.24, 2.45) is 4.99 Å². The number of halogens is 1. The van der Waals surface area contributed by atoms with Crippen LogP contribution in [0.15, 0.2) is 88.5 Å². The van der Waals surface area contributed by atoms with Gasteiger partial charge in [-0.3, -0.25) is 4.99 Å². The minimum Gasteiger partial charge on any atom is -0.456 e. The number of nitrogens with zero attached hydrogens (tertiary/aromatic N) is 1. The van der Waals surface area contributed by atoms with Crippen molar-refractivity contribution in [1.29, 1.82) is 0 Å². The monoisotopic (exact) mass is 347 g/mol. The molecule has 4 aromatic rings. The quantitative estimate of drug-likeness (QED) is 0.531. The molecule has 0 aliphatic heterocycles. The SMILES string of the molecule is Clc1ccc(-c2cc(=NCc3ccc[nH+]c3)c3ccccc3o2)cc1. The first kappa shape index (κ1) is 15.6. The van der Waals surface area contributed by atoms with Crippen LogP contribution in [-0.4, -0.2) is 0 Å². The van der Waals surface area contributed by atoms with E-state index < -0.39 is 0 Å². The molecule has 0 unspecified atom stereocenters. The molecular weight excluding hydrogens is 332 g/mol. The van der Waals surface area contributed by atoms with E-state index in [2.05, 4.69) is 11.1 Å². The number of nitrogens with one attached hydrogen (secondary N) is 1. The van der Waals surface area contributed by atoms with Crippen molar-refractivity contribution in [1.82, 2.24) is 0 Å². The van der Waals surface area contributed by atoms with Crippen LogP contribution in [0.5, 0.6) is 0 Å². The number of benzene rings is 2. The molecule has 0 bridgehead atoms. The smallest absolute Gasteiger partial charge is 0.172 e. The summed E-state index contributed by atoms with van der Waals surface area (Å²) in [4.78, 5) is 7.89. The summed E-state index contributed by atoms with van der Waals surface area (Å²) in [5.74, 6) is 0.772. The number of H-pyrrole nitrogens is 1. The third kappa shape index (κ3) is 3.47. The number of pyridine rings is 1. The Morgan fingerprint density at radius 3 is 2.60 bits per heavy atom. The third-order valence-corrected chi connectivity index (χ3v) is 4.23. The Kier molecular flexibility index (Phi) is 4.32. The van der Waals surface area contributed by atoms with E-state index in [1.54, 1.807) is 0 Å². The summed E-state index contributed by atoms with van der Waals surface area (Å²) in [6.45, 7) is 0.603. The molecule has 4 rings (SSSR count). The predicted molar refractivity (Wildman–Crippen MR) is 98.9 cm³/mol. The first-order chi connectivity index (χ1) is 12.3. The van der Waals surface area contributed by atoms with Crippen molar-refractivity contribution >= 4 is 22.6 Å². The van der Waals surface area contributed by atoms with Crippen molar-refractivity contribution in [2.75, 3.05) is 0 Å². The van der Waals surface area contributed by atoms with E-state index in [0.29, 0.717) is 11.6 Å². The summed E-state index contributed by atoms with van der Waals surface area (Å²) in [6, 6.07) is 21.6. The largest absolute Gasteiger partial charge is 0.456 e. The van der Waals surface area contributed by atoms with Crippen molar-refractivity contribution in [2.45, 2.75) is 6.54 Å². The number of hydrogen-bond acceptors (Lipinski definition) is 2. The minimum absolute atomic E-state index is 0.603. The predicted octanol–water partition coefficient (Wildman–Crippen LogP) is 4.67. The molecule has 2 heterocycles. The molecule has 0 saturated carbocycles. The van der Waals surface area contributed by atoms with Crippen molar-refractivity contribution in [3.05, 3.63) is 95.1 Å². The number of para-hydroxylation sites is 1. The molecular formula is C21H16ClN2O+. The number of fused-ring (bicyclic) bond motifs is 1. The zero-order chi connectivity index (χ0) is 17.1. The molecule has 2 aromatic heterocycles. The Balaban J connectivity index is 1.85. The van der Waals surface area contributed by atoms with Crippen LogP contribution in [0.25, 0.3) is 22.3 Å². The van der Waals surface area contributed by atoms with E-state index in [9.17, 15) is 0 Å². The molecule has 0 spiro atoms. The van der Waals surface area contributed by atoms with Gasteiger partial charge in [0.05, 0.1) is 11.9 Å². The van der Waals surface area contributed by atoms with Crippen LogP contribution in [-0.2, 0) is 6.54 Å². The van der Waals surface area contributed by atoms with Gasteiger partial charge in [-0.15, -0.1) is 0 Å². The maximum atomic E-state index is 6.07. The number of hydrogen-bond donors (Lipinski definition) is 0. The summed E-state index contributed by atoms with van der Waals surface area (Å²) in [5, 5.41) is 2.62. The fourth-order valence-electron chi connectivity index (χ4n) is 2.71. The van der Waals surface area contributed by atoms with Gasteiger partial charge in [-0.05, 0) is 42.5 Å². The molecule has 0 saturated heterocycles. The zero-order valence-corrected chi connectivity index (χ0v) is 14.2. The van der Waals surface area contributed by atoms with Crippen LogP contribution in [0.4, 0.5) is 0 Å². The standard InChI is InChI=1S/C21H15ClN2O/c22-17-9-7-16(8-10-17)21-12-19(18-5-1-2-6-20(18)25-21)24-14-15-4-3-11-23-13-15/h1-13H,14H2/p+1. The third-order valence-electron chi connectivity index (χ3n) is 3.98. The number of aromatic amines is 1. The average molecular weight is 348 g/mol. The molecule has 1 N–H and O–H groups in total. The van der Waals surface area contributed by atoms with Gasteiger partial charge >= 0.3 is 0 Å². The Hall–Kier alpha value is -2.91. The molecule has 0 fully saturated rings. The first-order valence-electron chi connectivity index (χ1n) is 8.04. The molecule has 3 nitrogen and oxygen atoms in total. The second kappa shape index (κ2) is 6.91. The van der Waals surface area contributed by atoms with Crippen LogP contribution < -0.4 is 10.3 Å². The van der Waals surface area contributed by atoms with Gasteiger partial charge in [0.1, 0.15) is 11.3 Å². The van der Waals surface area contributed by atoms with Crippen LogP contribution in [0.3, 0.4) is 0 Å². The van der Waals surface area contributed by atoms with Crippen molar-refractivity contribution in [3.63, 3.8) is 0 Å². The number of rotatable bonds is 3.